The lowest BCUT2D eigenvalue weighted by atomic mass is 9.89. The van der Waals surface area contributed by atoms with Crippen LogP contribution >= 0.6 is 0 Å². The highest BCUT2D eigenvalue weighted by atomic mass is 19.1. The van der Waals surface area contributed by atoms with Crippen LogP contribution in [0.3, 0.4) is 0 Å². The van der Waals surface area contributed by atoms with E-state index in [1.165, 1.54) is 11.0 Å². The summed E-state index contributed by atoms with van der Waals surface area (Å²) >= 11 is 0. The van der Waals surface area contributed by atoms with Crippen LogP contribution in [0.15, 0.2) is 54.6 Å². The first kappa shape index (κ1) is 19.9. The van der Waals surface area contributed by atoms with Gasteiger partial charge < -0.3 is 14.7 Å². The monoisotopic (exact) mass is 383 g/mol. The van der Waals surface area contributed by atoms with Crippen LogP contribution in [-0.4, -0.2) is 49.9 Å². The third-order valence-electron chi connectivity index (χ3n) is 5.28. The van der Waals surface area contributed by atoms with Crippen molar-refractivity contribution < 1.29 is 14.0 Å². The molecule has 0 bridgehead atoms. The number of para-hydroxylation sites is 2. The topological polar surface area (TPSA) is 43.9 Å². The molecule has 0 aliphatic carbocycles. The lowest BCUT2D eigenvalue weighted by Gasteiger charge is -2.39. The molecule has 0 spiro atoms. The van der Waals surface area contributed by atoms with Gasteiger partial charge in [0.25, 0.3) is 0 Å². The van der Waals surface area contributed by atoms with Gasteiger partial charge in [-0.05, 0) is 38.1 Å². The number of carbonyl (C=O) groups excluding carboxylic acids is 2. The van der Waals surface area contributed by atoms with Crippen molar-refractivity contribution in [2.75, 3.05) is 43.0 Å². The van der Waals surface area contributed by atoms with E-state index >= 15 is 0 Å². The zero-order chi connectivity index (χ0) is 20.3. The van der Waals surface area contributed by atoms with Crippen molar-refractivity contribution in [2.45, 2.75) is 13.8 Å². The third kappa shape index (κ3) is 3.86. The van der Waals surface area contributed by atoms with Crippen LogP contribution < -0.4 is 9.80 Å². The van der Waals surface area contributed by atoms with E-state index in [0.717, 1.165) is 5.69 Å². The van der Waals surface area contributed by atoms with Crippen LogP contribution in [0.2, 0.25) is 0 Å². The van der Waals surface area contributed by atoms with E-state index in [0.29, 0.717) is 31.9 Å². The molecule has 1 heterocycles. The number of piperazine rings is 1. The number of amides is 2. The average molecular weight is 383 g/mol. The van der Waals surface area contributed by atoms with Crippen LogP contribution in [0.25, 0.3) is 0 Å². The van der Waals surface area contributed by atoms with Gasteiger partial charge in [0, 0.05) is 38.9 Å². The van der Waals surface area contributed by atoms with E-state index in [4.69, 9.17) is 0 Å². The van der Waals surface area contributed by atoms with Crippen molar-refractivity contribution in [1.82, 2.24) is 4.90 Å². The van der Waals surface area contributed by atoms with Crippen molar-refractivity contribution >= 4 is 23.2 Å². The Hall–Kier alpha value is -2.89. The van der Waals surface area contributed by atoms with E-state index in [-0.39, 0.29) is 17.6 Å². The first-order valence-electron chi connectivity index (χ1n) is 9.44. The zero-order valence-electron chi connectivity index (χ0n) is 16.6. The first-order chi connectivity index (χ1) is 13.3. The van der Waals surface area contributed by atoms with Crippen molar-refractivity contribution in [1.29, 1.82) is 0 Å². The van der Waals surface area contributed by atoms with Gasteiger partial charge in [-0.25, -0.2) is 4.39 Å². The molecule has 0 N–H and O–H groups in total. The summed E-state index contributed by atoms with van der Waals surface area (Å²) in [6.07, 6.45) is 0. The van der Waals surface area contributed by atoms with Crippen molar-refractivity contribution in [3.05, 3.63) is 60.4 Å². The standard InChI is InChI=1S/C22H26FN3O2/c1-22(2,20(27)24(3)17-9-5-4-6-10-17)21(28)26-15-13-25(14-16-26)19-12-8-7-11-18(19)23/h4-12H,13-16H2,1-3H3. The lowest BCUT2D eigenvalue weighted by Crippen LogP contribution is -2.55. The Morgan fingerprint density at radius 3 is 2.11 bits per heavy atom. The molecule has 0 atom stereocenters. The molecule has 1 fully saturated rings. The second-order valence-electron chi connectivity index (χ2n) is 7.56. The summed E-state index contributed by atoms with van der Waals surface area (Å²) in [6.45, 7) is 5.31. The van der Waals surface area contributed by atoms with Crippen LogP contribution in [0.4, 0.5) is 15.8 Å². The highest BCUT2D eigenvalue weighted by Gasteiger charge is 2.42. The Kier molecular flexibility index (Phi) is 5.68. The van der Waals surface area contributed by atoms with Crippen molar-refractivity contribution in [3.8, 4) is 0 Å². The molecule has 5 nitrogen and oxygen atoms in total. The maximum Gasteiger partial charge on any atom is 0.241 e. The molecule has 1 aliphatic rings. The second kappa shape index (κ2) is 8.00. The molecule has 3 rings (SSSR count). The number of nitrogens with zero attached hydrogens (tertiary/aromatic N) is 3. The van der Waals surface area contributed by atoms with Crippen LogP contribution in [-0.2, 0) is 9.59 Å². The quantitative estimate of drug-likeness (QED) is 0.762. The number of hydrogen-bond acceptors (Lipinski definition) is 3. The summed E-state index contributed by atoms with van der Waals surface area (Å²) in [4.78, 5) is 31.2. The number of benzene rings is 2. The molecule has 28 heavy (non-hydrogen) atoms. The van der Waals surface area contributed by atoms with Crippen molar-refractivity contribution in [2.24, 2.45) is 5.41 Å². The first-order valence-corrected chi connectivity index (χ1v) is 9.44. The normalized spacial score (nSPS) is 14.7. The summed E-state index contributed by atoms with van der Waals surface area (Å²) < 4.78 is 14.0. The Morgan fingerprint density at radius 1 is 0.929 bits per heavy atom. The van der Waals surface area contributed by atoms with E-state index in [1.807, 2.05) is 35.2 Å². The number of hydrogen-bond donors (Lipinski definition) is 0. The van der Waals surface area contributed by atoms with Gasteiger partial charge in [-0.15, -0.1) is 0 Å². The highest BCUT2D eigenvalue weighted by Crippen LogP contribution is 2.27. The maximum atomic E-state index is 14.0. The predicted octanol–water partition coefficient (Wildman–Crippen LogP) is 3.16. The fourth-order valence-corrected chi connectivity index (χ4v) is 3.53. The van der Waals surface area contributed by atoms with Gasteiger partial charge in [-0.1, -0.05) is 30.3 Å². The molecule has 1 saturated heterocycles. The minimum atomic E-state index is -1.18. The molecular formula is C22H26FN3O2. The fraction of sp³-hybridized carbons (Fsp3) is 0.364. The minimum Gasteiger partial charge on any atom is -0.366 e. The van der Waals surface area contributed by atoms with Gasteiger partial charge in [0.1, 0.15) is 11.2 Å². The molecule has 0 unspecified atom stereocenters. The average Bonchev–Trinajstić information content (AvgIpc) is 2.73. The van der Waals surface area contributed by atoms with E-state index in [1.54, 1.807) is 44.0 Å². The second-order valence-corrected chi connectivity index (χ2v) is 7.56. The highest BCUT2D eigenvalue weighted by molar-refractivity contribution is 6.10. The van der Waals surface area contributed by atoms with Crippen LogP contribution in [0.1, 0.15) is 13.8 Å². The summed E-state index contributed by atoms with van der Waals surface area (Å²) in [5.41, 5.74) is 0.122. The van der Waals surface area contributed by atoms with E-state index in [9.17, 15) is 14.0 Å². The summed E-state index contributed by atoms with van der Waals surface area (Å²) in [5.74, 6) is -0.712. The smallest absolute Gasteiger partial charge is 0.241 e. The molecule has 6 heteroatoms. The van der Waals surface area contributed by atoms with Gasteiger partial charge in [-0.2, -0.15) is 0 Å². The summed E-state index contributed by atoms with van der Waals surface area (Å²) in [6, 6.07) is 15.9. The van der Waals surface area contributed by atoms with Crippen LogP contribution in [0, 0.1) is 11.2 Å². The van der Waals surface area contributed by atoms with Gasteiger partial charge in [0.05, 0.1) is 5.69 Å². The summed E-state index contributed by atoms with van der Waals surface area (Å²) in [7, 11) is 1.68. The molecular weight excluding hydrogens is 357 g/mol. The molecule has 0 saturated carbocycles. The Labute approximate surface area is 165 Å². The number of carbonyl (C=O) groups is 2. The van der Waals surface area contributed by atoms with Crippen LogP contribution in [0.5, 0.6) is 0 Å². The third-order valence-corrected chi connectivity index (χ3v) is 5.28. The molecule has 0 radical (unpaired) electrons. The number of rotatable bonds is 4. The minimum absolute atomic E-state index is 0.200. The van der Waals surface area contributed by atoms with Gasteiger partial charge in [0.2, 0.25) is 11.8 Å². The molecule has 0 aromatic heterocycles. The molecule has 1 aliphatic heterocycles. The van der Waals surface area contributed by atoms with Gasteiger partial charge >= 0.3 is 0 Å². The molecule has 148 valence electrons. The Bertz CT molecular complexity index is 846. The van der Waals surface area contributed by atoms with E-state index in [2.05, 4.69) is 0 Å². The summed E-state index contributed by atoms with van der Waals surface area (Å²) in [5, 5.41) is 0. The van der Waals surface area contributed by atoms with E-state index < -0.39 is 5.41 Å². The van der Waals surface area contributed by atoms with Crippen molar-refractivity contribution in [3.63, 3.8) is 0 Å². The molecule has 2 aromatic rings. The largest absolute Gasteiger partial charge is 0.366 e. The maximum absolute atomic E-state index is 14.0. The number of halogens is 1. The molecule has 2 amide bonds. The number of anilines is 2. The zero-order valence-corrected chi connectivity index (χ0v) is 16.6. The predicted molar refractivity (Wildman–Crippen MR) is 109 cm³/mol. The Morgan fingerprint density at radius 2 is 1.50 bits per heavy atom. The lowest BCUT2D eigenvalue weighted by molar-refractivity contribution is -0.147. The van der Waals surface area contributed by atoms with Gasteiger partial charge in [0.15, 0.2) is 0 Å². The van der Waals surface area contributed by atoms with Gasteiger partial charge in [-0.3, -0.25) is 9.59 Å². The SMILES string of the molecule is CN(C(=O)C(C)(C)C(=O)N1CCN(c2ccccc2F)CC1)c1ccccc1. The Balaban J connectivity index is 1.66. The fourth-order valence-electron chi connectivity index (χ4n) is 3.53. The molecule has 2 aromatic carbocycles.